The maximum Gasteiger partial charge on any atom is 0.339 e. The van der Waals surface area contributed by atoms with Gasteiger partial charge in [0.15, 0.2) is 0 Å². The molecule has 0 saturated heterocycles. The molecule has 0 unspecified atom stereocenters. The number of carbonyl (C=O) groups is 2. The fraction of sp³-hybridized carbons (Fsp3) is 0.0667. The van der Waals surface area contributed by atoms with Crippen LogP contribution < -0.4 is 5.73 Å². The van der Waals surface area contributed by atoms with Crippen molar-refractivity contribution in [1.29, 1.82) is 0 Å². The summed E-state index contributed by atoms with van der Waals surface area (Å²) in [5, 5.41) is 17.3. The Labute approximate surface area is 121 Å². The molecule has 0 fully saturated rings. The Morgan fingerprint density at radius 2 is 1.52 bits per heavy atom. The van der Waals surface area contributed by atoms with Crippen molar-refractivity contribution < 1.29 is 24.5 Å². The minimum Gasteiger partial charge on any atom is -0.507 e. The van der Waals surface area contributed by atoms with E-state index >= 15 is 0 Å². The first-order valence-electron chi connectivity index (χ1n) is 5.91. The first-order chi connectivity index (χ1) is 9.97. The van der Waals surface area contributed by atoms with Gasteiger partial charge >= 0.3 is 11.9 Å². The van der Waals surface area contributed by atoms with Gasteiger partial charge < -0.3 is 20.7 Å². The van der Waals surface area contributed by atoms with Crippen LogP contribution in [-0.4, -0.2) is 29.3 Å². The molecule has 6 heteroatoms. The number of nitrogens with two attached hydrogens (primary N) is 1. The standard InChI is InChI=1S/C8H9NO2.C7H6O3/c1-11-8(10)6-4-2-3-5-7(6)9;8-6-4-2-1-3-5(6)7(9)10/h2-5H,9H2,1H3;1-4,8H,(H,9,10). The lowest BCUT2D eigenvalue weighted by Crippen LogP contribution is -2.04. The number of nitrogen functional groups attached to an aromatic ring is 1. The molecule has 0 spiro atoms. The maximum absolute atomic E-state index is 10.9. The number of carboxylic acid groups (broad SMARTS) is 1. The zero-order valence-electron chi connectivity index (χ0n) is 11.3. The van der Waals surface area contributed by atoms with Crippen molar-refractivity contribution in [2.45, 2.75) is 0 Å². The smallest absolute Gasteiger partial charge is 0.339 e. The zero-order chi connectivity index (χ0) is 15.8. The Morgan fingerprint density at radius 3 is 1.95 bits per heavy atom. The molecule has 0 aliphatic heterocycles. The van der Waals surface area contributed by atoms with Crippen LogP contribution >= 0.6 is 0 Å². The average molecular weight is 289 g/mol. The normalized spacial score (nSPS) is 9.19. The second-order valence-electron chi connectivity index (χ2n) is 3.90. The van der Waals surface area contributed by atoms with Gasteiger partial charge in [-0.15, -0.1) is 0 Å². The Kier molecular flexibility index (Phi) is 5.76. The van der Waals surface area contributed by atoms with Gasteiger partial charge in [0.25, 0.3) is 0 Å². The van der Waals surface area contributed by atoms with E-state index < -0.39 is 11.9 Å². The van der Waals surface area contributed by atoms with Crippen LogP contribution in [0.25, 0.3) is 0 Å². The molecule has 0 aliphatic rings. The number of hydrogen-bond acceptors (Lipinski definition) is 5. The largest absolute Gasteiger partial charge is 0.507 e. The summed E-state index contributed by atoms with van der Waals surface area (Å²) in [6.45, 7) is 0. The number of benzene rings is 2. The van der Waals surface area contributed by atoms with Crippen molar-refractivity contribution in [3.63, 3.8) is 0 Å². The van der Waals surface area contributed by atoms with Crippen LogP contribution in [0.5, 0.6) is 5.75 Å². The number of esters is 1. The van der Waals surface area contributed by atoms with Crippen molar-refractivity contribution in [3.05, 3.63) is 59.7 Å². The molecule has 6 nitrogen and oxygen atoms in total. The van der Waals surface area contributed by atoms with Gasteiger partial charge in [0.05, 0.1) is 12.7 Å². The van der Waals surface area contributed by atoms with Crippen LogP contribution in [0.2, 0.25) is 0 Å². The van der Waals surface area contributed by atoms with E-state index in [4.69, 9.17) is 15.9 Å². The number of carboxylic acids is 1. The number of rotatable bonds is 2. The van der Waals surface area contributed by atoms with Crippen molar-refractivity contribution in [3.8, 4) is 5.75 Å². The van der Waals surface area contributed by atoms with Crippen LogP contribution in [0.3, 0.4) is 0 Å². The Bertz CT molecular complexity index is 639. The molecule has 0 aliphatic carbocycles. The molecule has 0 atom stereocenters. The summed E-state index contributed by atoms with van der Waals surface area (Å²) in [4.78, 5) is 21.2. The molecule has 21 heavy (non-hydrogen) atoms. The third kappa shape index (κ3) is 4.54. The number of carbonyl (C=O) groups excluding carboxylic acids is 1. The van der Waals surface area contributed by atoms with Crippen LogP contribution in [-0.2, 0) is 4.74 Å². The number of aromatic hydroxyl groups is 1. The molecule has 0 amide bonds. The molecule has 2 aromatic carbocycles. The minimum atomic E-state index is -1.11. The summed E-state index contributed by atoms with van der Waals surface area (Å²) < 4.78 is 4.50. The Balaban J connectivity index is 0.000000211. The SMILES string of the molecule is COC(=O)c1ccccc1N.O=C(O)c1ccccc1O. The molecular formula is C15H15NO5. The monoisotopic (exact) mass is 289 g/mol. The summed E-state index contributed by atoms with van der Waals surface area (Å²) in [5.41, 5.74) is 6.28. The number of aromatic carboxylic acids is 1. The highest BCUT2D eigenvalue weighted by Crippen LogP contribution is 2.14. The number of para-hydroxylation sites is 2. The lowest BCUT2D eigenvalue weighted by atomic mass is 10.2. The first kappa shape index (κ1) is 16.0. The van der Waals surface area contributed by atoms with Crippen molar-refractivity contribution >= 4 is 17.6 Å². The van der Waals surface area contributed by atoms with Gasteiger partial charge in [-0.1, -0.05) is 24.3 Å². The number of hydrogen-bond donors (Lipinski definition) is 3. The van der Waals surface area contributed by atoms with Crippen molar-refractivity contribution in [2.75, 3.05) is 12.8 Å². The zero-order valence-corrected chi connectivity index (χ0v) is 11.3. The van der Waals surface area contributed by atoms with Gasteiger partial charge in [-0.2, -0.15) is 0 Å². The van der Waals surface area contributed by atoms with Crippen LogP contribution in [0, 0.1) is 0 Å². The highest BCUT2D eigenvalue weighted by Gasteiger charge is 2.07. The van der Waals surface area contributed by atoms with Gasteiger partial charge in [0.1, 0.15) is 11.3 Å². The van der Waals surface area contributed by atoms with E-state index in [2.05, 4.69) is 4.74 Å². The quantitative estimate of drug-likeness (QED) is 0.577. The molecule has 0 bridgehead atoms. The molecule has 0 aromatic heterocycles. The first-order valence-corrected chi connectivity index (χ1v) is 5.91. The lowest BCUT2D eigenvalue weighted by Gasteiger charge is -2.00. The molecule has 110 valence electrons. The number of anilines is 1. The summed E-state index contributed by atoms with van der Waals surface area (Å²) in [5.74, 6) is -1.71. The molecule has 2 rings (SSSR count). The van der Waals surface area contributed by atoms with Gasteiger partial charge in [-0.05, 0) is 24.3 Å². The van der Waals surface area contributed by atoms with Crippen LogP contribution in [0.4, 0.5) is 5.69 Å². The third-order valence-corrected chi connectivity index (χ3v) is 2.50. The predicted molar refractivity (Wildman–Crippen MR) is 77.3 cm³/mol. The average Bonchev–Trinajstić information content (AvgIpc) is 2.48. The molecule has 2 aromatic rings. The minimum absolute atomic E-state index is 0.0671. The number of methoxy groups -OCH3 is 1. The van der Waals surface area contributed by atoms with E-state index in [1.165, 1.54) is 19.2 Å². The second-order valence-corrected chi connectivity index (χ2v) is 3.90. The Hall–Kier alpha value is -3.02. The fourth-order valence-corrected chi connectivity index (χ4v) is 1.45. The maximum atomic E-state index is 10.9. The number of ether oxygens (including phenoxy) is 1. The van der Waals surface area contributed by atoms with Crippen LogP contribution in [0.15, 0.2) is 48.5 Å². The molecule has 0 saturated carbocycles. The molecule has 4 N–H and O–H groups in total. The predicted octanol–water partition coefficient (Wildman–Crippen LogP) is 2.15. The molecule has 0 heterocycles. The van der Waals surface area contributed by atoms with E-state index in [0.717, 1.165) is 0 Å². The second kappa shape index (κ2) is 7.54. The topological polar surface area (TPSA) is 110 Å². The van der Waals surface area contributed by atoms with Crippen molar-refractivity contribution in [1.82, 2.24) is 0 Å². The van der Waals surface area contributed by atoms with E-state index in [0.29, 0.717) is 11.3 Å². The lowest BCUT2D eigenvalue weighted by molar-refractivity contribution is 0.0601. The summed E-state index contributed by atoms with van der Waals surface area (Å²) >= 11 is 0. The highest BCUT2D eigenvalue weighted by atomic mass is 16.5. The highest BCUT2D eigenvalue weighted by molar-refractivity contribution is 5.94. The fourth-order valence-electron chi connectivity index (χ4n) is 1.45. The van der Waals surface area contributed by atoms with Crippen LogP contribution in [0.1, 0.15) is 20.7 Å². The summed E-state index contributed by atoms with van der Waals surface area (Å²) in [6, 6.07) is 12.6. The van der Waals surface area contributed by atoms with Crippen molar-refractivity contribution in [2.24, 2.45) is 0 Å². The van der Waals surface area contributed by atoms with Gasteiger partial charge in [-0.25, -0.2) is 9.59 Å². The summed E-state index contributed by atoms with van der Waals surface area (Å²) in [7, 11) is 1.33. The van der Waals surface area contributed by atoms with E-state index in [-0.39, 0.29) is 11.3 Å². The van der Waals surface area contributed by atoms with E-state index in [9.17, 15) is 9.59 Å². The number of phenols is 1. The van der Waals surface area contributed by atoms with E-state index in [1.54, 1.807) is 36.4 Å². The van der Waals surface area contributed by atoms with E-state index in [1.807, 2.05) is 0 Å². The van der Waals surface area contributed by atoms with Gasteiger partial charge in [0.2, 0.25) is 0 Å². The van der Waals surface area contributed by atoms with Gasteiger partial charge in [-0.3, -0.25) is 0 Å². The molecule has 0 radical (unpaired) electrons. The van der Waals surface area contributed by atoms with Gasteiger partial charge in [0, 0.05) is 5.69 Å². The Morgan fingerprint density at radius 1 is 1.00 bits per heavy atom. The summed E-state index contributed by atoms with van der Waals surface area (Å²) in [6.07, 6.45) is 0. The third-order valence-electron chi connectivity index (χ3n) is 2.50. The molecular weight excluding hydrogens is 274 g/mol.